The SMILES string of the molecule is Cc1c(N)cc(Br)cc1C(=O)NCCCCC(F)(F)F. The lowest BCUT2D eigenvalue weighted by molar-refractivity contribution is -0.135. The van der Waals surface area contributed by atoms with Crippen molar-refractivity contribution in [2.24, 2.45) is 0 Å². The van der Waals surface area contributed by atoms with Gasteiger partial charge >= 0.3 is 6.18 Å². The van der Waals surface area contributed by atoms with Crippen LogP contribution in [0.5, 0.6) is 0 Å². The van der Waals surface area contributed by atoms with E-state index < -0.39 is 12.6 Å². The molecule has 0 saturated carbocycles. The smallest absolute Gasteiger partial charge is 0.389 e. The zero-order valence-corrected chi connectivity index (χ0v) is 12.6. The fourth-order valence-corrected chi connectivity index (χ4v) is 2.16. The number of anilines is 1. The number of alkyl halides is 3. The van der Waals surface area contributed by atoms with E-state index in [0.29, 0.717) is 21.3 Å². The molecule has 20 heavy (non-hydrogen) atoms. The van der Waals surface area contributed by atoms with Crippen LogP contribution >= 0.6 is 15.9 Å². The van der Waals surface area contributed by atoms with Crippen LogP contribution < -0.4 is 11.1 Å². The minimum Gasteiger partial charge on any atom is -0.398 e. The Kier molecular flexibility index (Phi) is 5.86. The molecule has 0 fully saturated rings. The molecule has 0 atom stereocenters. The Labute approximate surface area is 123 Å². The Morgan fingerprint density at radius 3 is 2.60 bits per heavy atom. The van der Waals surface area contributed by atoms with Crippen molar-refractivity contribution in [1.82, 2.24) is 5.32 Å². The maximum atomic E-state index is 11.9. The summed E-state index contributed by atoms with van der Waals surface area (Å²) in [5.74, 6) is -0.331. The number of nitrogens with one attached hydrogen (secondary N) is 1. The number of nitrogen functional groups attached to an aromatic ring is 1. The van der Waals surface area contributed by atoms with E-state index in [4.69, 9.17) is 5.73 Å². The predicted molar refractivity (Wildman–Crippen MR) is 75.5 cm³/mol. The molecule has 0 radical (unpaired) electrons. The molecule has 0 heterocycles. The zero-order chi connectivity index (χ0) is 15.3. The molecule has 1 aromatic rings. The van der Waals surface area contributed by atoms with Crippen LogP contribution in [0.1, 0.15) is 35.2 Å². The molecule has 1 rings (SSSR count). The first kappa shape index (κ1) is 16.8. The Hall–Kier alpha value is -1.24. The molecule has 0 bridgehead atoms. The van der Waals surface area contributed by atoms with Gasteiger partial charge in [-0.3, -0.25) is 4.79 Å². The highest BCUT2D eigenvalue weighted by Gasteiger charge is 2.25. The topological polar surface area (TPSA) is 55.1 Å². The van der Waals surface area contributed by atoms with Crippen molar-refractivity contribution in [1.29, 1.82) is 0 Å². The Bertz CT molecular complexity index is 489. The van der Waals surface area contributed by atoms with Gasteiger partial charge < -0.3 is 11.1 Å². The number of carbonyl (C=O) groups excluding carboxylic acids is 1. The fourth-order valence-electron chi connectivity index (χ4n) is 1.68. The maximum Gasteiger partial charge on any atom is 0.389 e. The zero-order valence-electron chi connectivity index (χ0n) is 11.0. The molecule has 0 unspecified atom stereocenters. The first-order chi connectivity index (χ1) is 9.20. The van der Waals surface area contributed by atoms with Gasteiger partial charge in [0, 0.05) is 28.7 Å². The number of rotatable bonds is 5. The molecule has 0 spiro atoms. The summed E-state index contributed by atoms with van der Waals surface area (Å²) in [7, 11) is 0. The van der Waals surface area contributed by atoms with E-state index in [-0.39, 0.29) is 25.3 Å². The average molecular weight is 353 g/mol. The van der Waals surface area contributed by atoms with Crippen LogP contribution in [0.15, 0.2) is 16.6 Å². The van der Waals surface area contributed by atoms with Crippen LogP contribution in [0, 0.1) is 6.92 Å². The Morgan fingerprint density at radius 1 is 1.35 bits per heavy atom. The van der Waals surface area contributed by atoms with Gasteiger partial charge in [-0.2, -0.15) is 13.2 Å². The summed E-state index contributed by atoms with van der Waals surface area (Å²) in [5, 5.41) is 2.60. The summed E-state index contributed by atoms with van der Waals surface area (Å²) in [6, 6.07) is 3.33. The van der Waals surface area contributed by atoms with Gasteiger partial charge in [0.05, 0.1) is 0 Å². The predicted octanol–water partition coefficient (Wildman–Crippen LogP) is 3.80. The number of hydrogen-bond acceptors (Lipinski definition) is 2. The van der Waals surface area contributed by atoms with Gasteiger partial charge in [-0.1, -0.05) is 15.9 Å². The van der Waals surface area contributed by atoms with E-state index in [2.05, 4.69) is 21.2 Å². The third kappa shape index (κ3) is 5.40. The number of halogens is 4. The summed E-state index contributed by atoms with van der Waals surface area (Å²) >= 11 is 3.25. The maximum absolute atomic E-state index is 11.9. The summed E-state index contributed by atoms with van der Waals surface area (Å²) in [4.78, 5) is 11.9. The van der Waals surface area contributed by atoms with E-state index in [1.165, 1.54) is 0 Å². The lowest BCUT2D eigenvalue weighted by atomic mass is 10.1. The second-order valence-corrected chi connectivity index (χ2v) is 5.41. The van der Waals surface area contributed by atoms with Crippen molar-refractivity contribution >= 4 is 27.5 Å². The van der Waals surface area contributed by atoms with Gasteiger partial charge in [0.1, 0.15) is 0 Å². The average Bonchev–Trinajstić information content (AvgIpc) is 2.31. The molecule has 0 aliphatic carbocycles. The third-order valence-electron chi connectivity index (χ3n) is 2.83. The van der Waals surface area contributed by atoms with Gasteiger partial charge in [0.2, 0.25) is 0 Å². The Balaban J connectivity index is 2.48. The highest BCUT2D eigenvalue weighted by Crippen LogP contribution is 2.23. The third-order valence-corrected chi connectivity index (χ3v) is 3.29. The van der Waals surface area contributed by atoms with Crippen molar-refractivity contribution in [3.63, 3.8) is 0 Å². The molecular formula is C13H16BrF3N2O. The summed E-state index contributed by atoms with van der Waals surface area (Å²) in [6.45, 7) is 1.93. The largest absolute Gasteiger partial charge is 0.398 e. The van der Waals surface area contributed by atoms with Crippen LogP contribution in [0.3, 0.4) is 0 Å². The molecule has 3 nitrogen and oxygen atoms in total. The number of unbranched alkanes of at least 4 members (excludes halogenated alkanes) is 1. The van der Waals surface area contributed by atoms with Crippen LogP contribution in [-0.2, 0) is 0 Å². The van der Waals surface area contributed by atoms with Crippen LogP contribution in [0.25, 0.3) is 0 Å². The second kappa shape index (κ2) is 6.97. The lowest BCUT2D eigenvalue weighted by Crippen LogP contribution is -2.25. The molecule has 0 aliphatic rings. The van der Waals surface area contributed by atoms with E-state index in [1.807, 2.05) is 0 Å². The minimum absolute atomic E-state index is 0.00336. The molecular weight excluding hydrogens is 337 g/mol. The van der Waals surface area contributed by atoms with Gasteiger partial charge in [-0.25, -0.2) is 0 Å². The number of nitrogens with two attached hydrogens (primary N) is 1. The highest BCUT2D eigenvalue weighted by molar-refractivity contribution is 9.10. The fraction of sp³-hybridized carbons (Fsp3) is 0.462. The van der Waals surface area contributed by atoms with Gasteiger partial charge in [0.25, 0.3) is 5.91 Å². The van der Waals surface area contributed by atoms with Gasteiger partial charge in [0.15, 0.2) is 0 Å². The number of benzene rings is 1. The second-order valence-electron chi connectivity index (χ2n) is 4.50. The van der Waals surface area contributed by atoms with Crippen LogP contribution in [-0.4, -0.2) is 18.6 Å². The first-order valence-corrected chi connectivity index (χ1v) is 6.90. The number of amides is 1. The van der Waals surface area contributed by atoms with Gasteiger partial charge in [-0.15, -0.1) is 0 Å². The highest BCUT2D eigenvalue weighted by atomic mass is 79.9. The summed E-state index contributed by atoms with van der Waals surface area (Å²) < 4.78 is 36.5. The van der Waals surface area contributed by atoms with Gasteiger partial charge in [-0.05, 0) is 37.5 Å². The van der Waals surface area contributed by atoms with E-state index in [0.717, 1.165) is 0 Å². The van der Waals surface area contributed by atoms with Crippen molar-refractivity contribution in [3.05, 3.63) is 27.7 Å². The molecule has 3 N–H and O–H groups in total. The van der Waals surface area contributed by atoms with Crippen LogP contribution in [0.2, 0.25) is 0 Å². The van der Waals surface area contributed by atoms with Crippen molar-refractivity contribution in [2.45, 2.75) is 32.4 Å². The standard InChI is InChI=1S/C13H16BrF3N2O/c1-8-10(6-9(14)7-11(8)18)12(20)19-5-3-2-4-13(15,16)17/h6-7H,2-5,18H2,1H3,(H,19,20). The van der Waals surface area contributed by atoms with Crippen LogP contribution in [0.4, 0.5) is 18.9 Å². The monoisotopic (exact) mass is 352 g/mol. The number of carbonyl (C=O) groups is 1. The molecule has 112 valence electrons. The molecule has 0 aromatic heterocycles. The van der Waals surface area contributed by atoms with E-state index in [1.54, 1.807) is 19.1 Å². The van der Waals surface area contributed by atoms with Crippen molar-refractivity contribution in [2.75, 3.05) is 12.3 Å². The molecule has 0 saturated heterocycles. The molecule has 7 heteroatoms. The number of hydrogen-bond donors (Lipinski definition) is 2. The van der Waals surface area contributed by atoms with Crippen molar-refractivity contribution in [3.8, 4) is 0 Å². The quantitative estimate of drug-likeness (QED) is 0.625. The first-order valence-electron chi connectivity index (χ1n) is 6.11. The minimum atomic E-state index is -4.14. The summed E-state index contributed by atoms with van der Waals surface area (Å²) in [5.41, 5.74) is 7.31. The Morgan fingerprint density at radius 2 is 2.00 bits per heavy atom. The molecule has 0 aliphatic heterocycles. The normalized spacial score (nSPS) is 11.4. The van der Waals surface area contributed by atoms with E-state index in [9.17, 15) is 18.0 Å². The van der Waals surface area contributed by atoms with E-state index >= 15 is 0 Å². The lowest BCUT2D eigenvalue weighted by Gasteiger charge is -2.11. The van der Waals surface area contributed by atoms with Crippen molar-refractivity contribution < 1.29 is 18.0 Å². The molecule has 1 aromatic carbocycles. The summed E-state index contributed by atoms with van der Waals surface area (Å²) in [6.07, 6.45) is -4.68. The molecule has 1 amide bonds.